The summed E-state index contributed by atoms with van der Waals surface area (Å²) in [5.74, 6) is -0.341. The summed E-state index contributed by atoms with van der Waals surface area (Å²) in [6.45, 7) is 8.99. The summed E-state index contributed by atoms with van der Waals surface area (Å²) in [6, 6.07) is 7.15. The van der Waals surface area contributed by atoms with Crippen LogP contribution in [0.1, 0.15) is 115 Å². The molecular formula is C41H58N8O3. The second-order valence-corrected chi connectivity index (χ2v) is 15.1. The van der Waals surface area contributed by atoms with E-state index in [9.17, 15) is 14.7 Å². The van der Waals surface area contributed by atoms with Crippen molar-refractivity contribution >= 4 is 17.5 Å². The first-order chi connectivity index (χ1) is 25.2. The quantitative estimate of drug-likeness (QED) is 0.118. The molecule has 1 fully saturated rings. The third-order valence-electron chi connectivity index (χ3n) is 10.7. The molecule has 0 saturated heterocycles. The van der Waals surface area contributed by atoms with Crippen LogP contribution in [0, 0.1) is 17.8 Å². The second-order valence-electron chi connectivity index (χ2n) is 15.1. The van der Waals surface area contributed by atoms with Crippen molar-refractivity contribution in [3.8, 4) is 11.3 Å². The SMILES string of the molecule is CCCCN(C)C(=O)[C@@H](C[C@H](O)[C@H](CC1CCCCC1)NC(=O)C(Cc1cccnc1)c1nnc2c(CCC)nc(-c3cccnc3)cn12)C(C)C. The van der Waals surface area contributed by atoms with Gasteiger partial charge in [0.15, 0.2) is 5.65 Å². The fourth-order valence-corrected chi connectivity index (χ4v) is 7.57. The van der Waals surface area contributed by atoms with E-state index in [0.29, 0.717) is 43.2 Å². The highest BCUT2D eigenvalue weighted by Gasteiger charge is 2.35. The molecule has 4 atom stereocenters. The fraction of sp³-hybridized carbons (Fsp3) is 0.585. The molecular weight excluding hydrogens is 653 g/mol. The third kappa shape index (κ3) is 9.99. The minimum absolute atomic E-state index is 0.0397. The first kappa shape index (κ1) is 39.0. The van der Waals surface area contributed by atoms with Gasteiger partial charge < -0.3 is 15.3 Å². The Kier molecular flexibility index (Phi) is 14.2. The van der Waals surface area contributed by atoms with Crippen molar-refractivity contribution in [2.45, 2.75) is 123 Å². The lowest BCUT2D eigenvalue weighted by atomic mass is 9.80. The fourth-order valence-electron chi connectivity index (χ4n) is 7.57. The number of aliphatic hydroxyl groups excluding tert-OH is 1. The molecule has 4 aromatic rings. The van der Waals surface area contributed by atoms with E-state index < -0.39 is 18.1 Å². The molecule has 0 aliphatic heterocycles. The Hall–Kier alpha value is -4.25. The van der Waals surface area contributed by atoms with E-state index in [1.54, 1.807) is 29.7 Å². The number of aliphatic hydroxyl groups is 1. The molecule has 5 rings (SSSR count). The van der Waals surface area contributed by atoms with Crippen LogP contribution < -0.4 is 5.32 Å². The van der Waals surface area contributed by atoms with Crippen LogP contribution in [0.15, 0.2) is 55.2 Å². The van der Waals surface area contributed by atoms with Crippen LogP contribution in [0.2, 0.25) is 0 Å². The van der Waals surface area contributed by atoms with E-state index >= 15 is 0 Å². The van der Waals surface area contributed by atoms with Gasteiger partial charge in [0.25, 0.3) is 0 Å². The zero-order valence-corrected chi connectivity index (χ0v) is 31.7. The Labute approximate surface area is 309 Å². The Morgan fingerprint density at radius 1 is 1.02 bits per heavy atom. The van der Waals surface area contributed by atoms with Crippen molar-refractivity contribution in [1.29, 1.82) is 0 Å². The van der Waals surface area contributed by atoms with Gasteiger partial charge in [-0.25, -0.2) is 4.98 Å². The van der Waals surface area contributed by atoms with Crippen LogP contribution >= 0.6 is 0 Å². The van der Waals surface area contributed by atoms with E-state index in [-0.39, 0.29) is 30.1 Å². The van der Waals surface area contributed by atoms with Crippen molar-refractivity contribution in [2.75, 3.05) is 13.6 Å². The standard InChI is InChI=1S/C41H58N8O3/c1-6-8-21-48(5)41(52)32(28(3)4)24-37(50)35(23-29-15-10-9-11-16-29)45-40(51)33(22-30-17-12-19-42-25-30)38-46-47-39-34(14-7-2)44-36(27-49(38)39)31-18-13-20-43-26-31/h12-13,17-20,25-29,32-33,35,37,50H,6-11,14-16,21-24H2,1-5H3,(H,45,51)/t32-,33?,35-,37-/m0/s1. The van der Waals surface area contributed by atoms with Gasteiger partial charge in [0, 0.05) is 56.1 Å². The molecule has 0 aromatic carbocycles. The molecule has 2 N–H and O–H groups in total. The first-order valence-electron chi connectivity index (χ1n) is 19.5. The van der Waals surface area contributed by atoms with Crippen molar-refractivity contribution in [3.05, 3.63) is 72.3 Å². The van der Waals surface area contributed by atoms with Gasteiger partial charge in [-0.3, -0.25) is 24.0 Å². The zero-order valence-electron chi connectivity index (χ0n) is 31.7. The summed E-state index contributed by atoms with van der Waals surface area (Å²) in [5, 5.41) is 24.6. The predicted octanol–water partition coefficient (Wildman–Crippen LogP) is 6.60. The van der Waals surface area contributed by atoms with Gasteiger partial charge in [0.05, 0.1) is 23.5 Å². The largest absolute Gasteiger partial charge is 0.391 e. The molecule has 0 radical (unpaired) electrons. The summed E-state index contributed by atoms with van der Waals surface area (Å²) in [6.07, 6.45) is 18.5. The van der Waals surface area contributed by atoms with Gasteiger partial charge >= 0.3 is 0 Å². The number of hydrogen-bond donors (Lipinski definition) is 2. The molecule has 11 nitrogen and oxygen atoms in total. The van der Waals surface area contributed by atoms with E-state index in [0.717, 1.165) is 67.5 Å². The minimum atomic E-state index is -0.895. The zero-order chi connectivity index (χ0) is 37.0. The van der Waals surface area contributed by atoms with Crippen LogP contribution in [-0.4, -0.2) is 77.1 Å². The Morgan fingerprint density at radius 3 is 2.42 bits per heavy atom. The number of pyridine rings is 2. The lowest BCUT2D eigenvalue weighted by molar-refractivity contribution is -0.137. The topological polar surface area (TPSA) is 139 Å². The summed E-state index contributed by atoms with van der Waals surface area (Å²) in [4.78, 5) is 43.8. The molecule has 52 heavy (non-hydrogen) atoms. The van der Waals surface area contributed by atoms with Crippen molar-refractivity contribution in [3.63, 3.8) is 0 Å². The van der Waals surface area contributed by atoms with E-state index in [1.807, 2.05) is 55.8 Å². The molecule has 1 aliphatic rings. The maximum atomic E-state index is 14.8. The summed E-state index contributed by atoms with van der Waals surface area (Å²) in [7, 11) is 1.86. The summed E-state index contributed by atoms with van der Waals surface area (Å²) >= 11 is 0. The molecule has 0 bridgehead atoms. The highest BCUT2D eigenvalue weighted by Crippen LogP contribution is 2.31. The van der Waals surface area contributed by atoms with E-state index in [4.69, 9.17) is 4.98 Å². The molecule has 4 aromatic heterocycles. The van der Waals surface area contributed by atoms with Crippen LogP contribution in [0.3, 0.4) is 0 Å². The Morgan fingerprint density at radius 2 is 1.77 bits per heavy atom. The normalized spacial score (nSPS) is 16.1. The lowest BCUT2D eigenvalue weighted by Gasteiger charge is -2.34. The average molecular weight is 711 g/mol. The molecule has 1 aliphatic carbocycles. The monoisotopic (exact) mass is 710 g/mol. The van der Waals surface area contributed by atoms with Crippen LogP contribution in [-0.2, 0) is 22.4 Å². The Bertz CT molecular complexity index is 1710. The number of nitrogens with one attached hydrogen (secondary N) is 1. The number of hydrogen-bond acceptors (Lipinski definition) is 8. The smallest absolute Gasteiger partial charge is 0.231 e. The van der Waals surface area contributed by atoms with Gasteiger partial charge in [-0.05, 0) is 67.7 Å². The minimum Gasteiger partial charge on any atom is -0.391 e. The number of fused-ring (bicyclic) bond motifs is 1. The molecule has 0 spiro atoms. The number of carbonyl (C=O) groups is 2. The van der Waals surface area contributed by atoms with Gasteiger partial charge in [-0.2, -0.15) is 0 Å². The van der Waals surface area contributed by atoms with Crippen molar-refractivity contribution in [2.24, 2.45) is 17.8 Å². The average Bonchev–Trinajstić information content (AvgIpc) is 3.59. The number of amides is 2. The number of carbonyl (C=O) groups excluding carboxylic acids is 2. The molecule has 280 valence electrons. The highest BCUT2D eigenvalue weighted by molar-refractivity contribution is 5.84. The molecule has 11 heteroatoms. The van der Waals surface area contributed by atoms with Gasteiger partial charge in [0.1, 0.15) is 11.7 Å². The van der Waals surface area contributed by atoms with Crippen molar-refractivity contribution < 1.29 is 14.7 Å². The van der Waals surface area contributed by atoms with Gasteiger partial charge in [0.2, 0.25) is 11.8 Å². The van der Waals surface area contributed by atoms with Crippen LogP contribution in [0.5, 0.6) is 0 Å². The lowest BCUT2D eigenvalue weighted by Crippen LogP contribution is -2.49. The maximum Gasteiger partial charge on any atom is 0.231 e. The maximum absolute atomic E-state index is 14.8. The van der Waals surface area contributed by atoms with Gasteiger partial charge in [-0.1, -0.05) is 78.7 Å². The number of nitrogens with zero attached hydrogens (tertiary/aromatic N) is 7. The number of aryl methyl sites for hydroxylation is 1. The summed E-state index contributed by atoms with van der Waals surface area (Å²) in [5.41, 5.74) is 3.91. The molecule has 2 amide bonds. The predicted molar refractivity (Wildman–Crippen MR) is 203 cm³/mol. The number of rotatable bonds is 18. The second kappa shape index (κ2) is 19.0. The first-order valence-corrected chi connectivity index (χ1v) is 19.5. The molecule has 1 saturated carbocycles. The molecule has 4 heterocycles. The van der Waals surface area contributed by atoms with Crippen LogP contribution in [0.4, 0.5) is 0 Å². The van der Waals surface area contributed by atoms with E-state index in [1.165, 1.54) is 6.42 Å². The Balaban J connectivity index is 1.51. The van der Waals surface area contributed by atoms with Crippen LogP contribution in [0.25, 0.3) is 16.9 Å². The summed E-state index contributed by atoms with van der Waals surface area (Å²) < 4.78 is 1.91. The van der Waals surface area contributed by atoms with E-state index in [2.05, 4.69) is 39.3 Å². The van der Waals surface area contributed by atoms with Crippen molar-refractivity contribution in [1.82, 2.24) is 39.8 Å². The highest BCUT2D eigenvalue weighted by atomic mass is 16.3. The van der Waals surface area contributed by atoms with Gasteiger partial charge in [-0.15, -0.1) is 10.2 Å². The third-order valence-corrected chi connectivity index (χ3v) is 10.7. The molecule has 1 unspecified atom stereocenters. The number of aromatic nitrogens is 6. The number of unbranched alkanes of at least 4 members (excludes halogenated alkanes) is 1.